The van der Waals surface area contributed by atoms with E-state index in [9.17, 15) is 5.11 Å². The second kappa shape index (κ2) is 12.5. The minimum Gasteiger partial charge on any atom is -0.388 e. The number of aryl methyl sites for hydroxylation is 1. The summed E-state index contributed by atoms with van der Waals surface area (Å²) in [6.45, 7) is 7.83. The van der Waals surface area contributed by atoms with Crippen LogP contribution in [0.4, 0.5) is 5.69 Å². The first-order valence-corrected chi connectivity index (χ1v) is 12.0. The highest BCUT2D eigenvalue weighted by Crippen LogP contribution is 2.34. The first-order valence-electron chi connectivity index (χ1n) is 12.0. The van der Waals surface area contributed by atoms with E-state index in [-0.39, 0.29) is 6.10 Å². The highest BCUT2D eigenvalue weighted by atomic mass is 16.3. The predicted octanol–water partition coefficient (Wildman–Crippen LogP) is 7.30. The fraction of sp³-hybridized carbons (Fsp3) is 0.769. The van der Waals surface area contributed by atoms with Crippen LogP contribution in [-0.2, 0) is 6.42 Å². The van der Waals surface area contributed by atoms with Crippen molar-refractivity contribution in [1.29, 1.82) is 0 Å². The molecule has 0 aliphatic heterocycles. The number of benzene rings is 1. The zero-order valence-corrected chi connectivity index (χ0v) is 19.1. The van der Waals surface area contributed by atoms with Crippen molar-refractivity contribution in [2.24, 2.45) is 11.8 Å². The Balaban J connectivity index is 2.14. The molecule has 1 atom stereocenters. The monoisotopic (exact) mass is 387 g/mol. The molecule has 28 heavy (non-hydrogen) atoms. The van der Waals surface area contributed by atoms with E-state index in [0.717, 1.165) is 24.4 Å². The molecule has 1 fully saturated rings. The molecule has 0 aromatic heterocycles. The molecule has 0 bridgehead atoms. The summed E-state index contributed by atoms with van der Waals surface area (Å²) in [4.78, 5) is 2.34. The quantitative estimate of drug-likeness (QED) is 0.506. The van der Waals surface area contributed by atoms with Gasteiger partial charge in [-0.25, -0.2) is 0 Å². The van der Waals surface area contributed by atoms with Crippen LogP contribution in [-0.4, -0.2) is 18.7 Å². The van der Waals surface area contributed by atoms with Crippen molar-refractivity contribution in [2.75, 3.05) is 18.5 Å². The van der Waals surface area contributed by atoms with Gasteiger partial charge in [-0.1, -0.05) is 77.3 Å². The highest BCUT2D eigenvalue weighted by Gasteiger charge is 2.22. The Morgan fingerprint density at radius 1 is 1.00 bits per heavy atom. The van der Waals surface area contributed by atoms with Crippen LogP contribution in [0.1, 0.15) is 109 Å². The molecule has 0 spiro atoms. The summed E-state index contributed by atoms with van der Waals surface area (Å²) >= 11 is 0. The fourth-order valence-corrected chi connectivity index (χ4v) is 4.66. The Morgan fingerprint density at radius 3 is 2.18 bits per heavy atom. The van der Waals surface area contributed by atoms with Gasteiger partial charge in [0.1, 0.15) is 0 Å². The van der Waals surface area contributed by atoms with Gasteiger partial charge in [-0.2, -0.15) is 0 Å². The van der Waals surface area contributed by atoms with Crippen LogP contribution in [0.15, 0.2) is 18.2 Å². The molecule has 2 rings (SSSR count). The molecule has 1 N–H and O–H groups in total. The number of aliphatic hydroxyl groups excluding tert-OH is 1. The van der Waals surface area contributed by atoms with E-state index >= 15 is 0 Å². The van der Waals surface area contributed by atoms with Gasteiger partial charge in [-0.15, -0.1) is 0 Å². The summed E-state index contributed by atoms with van der Waals surface area (Å²) in [7, 11) is 2.18. The number of aliphatic hydroxyl groups is 1. The molecule has 1 saturated carbocycles. The minimum atomic E-state index is -0.302. The third kappa shape index (κ3) is 7.43. The zero-order valence-electron chi connectivity index (χ0n) is 19.1. The Labute approximate surface area is 174 Å². The van der Waals surface area contributed by atoms with Gasteiger partial charge in [0.05, 0.1) is 6.10 Å². The van der Waals surface area contributed by atoms with E-state index in [1.54, 1.807) is 0 Å². The summed E-state index contributed by atoms with van der Waals surface area (Å²) in [5.41, 5.74) is 3.91. The van der Waals surface area contributed by atoms with Gasteiger partial charge >= 0.3 is 0 Å². The van der Waals surface area contributed by atoms with E-state index < -0.39 is 0 Å². The van der Waals surface area contributed by atoms with Crippen molar-refractivity contribution in [3.8, 4) is 0 Å². The van der Waals surface area contributed by atoms with Crippen LogP contribution < -0.4 is 4.90 Å². The number of rotatable bonds is 8. The standard InChI is InChI=1S/C26H45NO/c1-5-27(4)25-19-18-24(20-23(25)17-13-14-21(2)3)26(28)22-15-11-9-7-6-8-10-12-16-22/h18-22,26,28H,5-17H2,1-4H3. The zero-order chi connectivity index (χ0) is 20.4. The normalized spacial score (nSPS) is 18.2. The lowest BCUT2D eigenvalue weighted by atomic mass is 9.84. The topological polar surface area (TPSA) is 23.5 Å². The molecule has 1 aromatic carbocycles. The SMILES string of the molecule is CCN(C)c1ccc(C(O)C2CCCCCCCCC2)cc1CCCC(C)C. The molecule has 1 unspecified atom stereocenters. The maximum absolute atomic E-state index is 11.2. The van der Waals surface area contributed by atoms with Gasteiger partial charge in [0.25, 0.3) is 0 Å². The lowest BCUT2D eigenvalue weighted by Crippen LogP contribution is -2.19. The minimum absolute atomic E-state index is 0.302. The van der Waals surface area contributed by atoms with Crippen molar-refractivity contribution < 1.29 is 5.11 Å². The molecule has 0 heterocycles. The molecule has 1 aliphatic carbocycles. The van der Waals surface area contributed by atoms with Gasteiger partial charge in [0.2, 0.25) is 0 Å². The first-order chi connectivity index (χ1) is 13.5. The third-order valence-electron chi connectivity index (χ3n) is 6.65. The number of hydrogen-bond acceptors (Lipinski definition) is 2. The molecular weight excluding hydrogens is 342 g/mol. The van der Waals surface area contributed by atoms with Crippen molar-refractivity contribution in [1.82, 2.24) is 0 Å². The molecule has 0 saturated heterocycles. The van der Waals surface area contributed by atoms with Crippen LogP contribution >= 0.6 is 0 Å². The Kier molecular flexibility index (Phi) is 10.4. The van der Waals surface area contributed by atoms with E-state index in [1.807, 2.05) is 0 Å². The summed E-state index contributed by atoms with van der Waals surface area (Å²) < 4.78 is 0. The third-order valence-corrected chi connectivity index (χ3v) is 6.65. The number of anilines is 1. The Morgan fingerprint density at radius 2 is 1.61 bits per heavy atom. The highest BCUT2D eigenvalue weighted by molar-refractivity contribution is 5.55. The molecule has 2 heteroatoms. The molecule has 160 valence electrons. The van der Waals surface area contributed by atoms with Crippen LogP contribution in [0.5, 0.6) is 0 Å². The first kappa shape index (κ1) is 23.3. The van der Waals surface area contributed by atoms with E-state index in [4.69, 9.17) is 0 Å². The predicted molar refractivity (Wildman–Crippen MR) is 123 cm³/mol. The van der Waals surface area contributed by atoms with Gasteiger partial charge in [-0.3, -0.25) is 0 Å². The molecule has 0 radical (unpaired) electrons. The van der Waals surface area contributed by atoms with E-state index in [1.165, 1.54) is 81.9 Å². The second-order valence-corrected chi connectivity index (χ2v) is 9.45. The van der Waals surface area contributed by atoms with Crippen molar-refractivity contribution in [2.45, 2.75) is 104 Å². The summed E-state index contributed by atoms with van der Waals surface area (Å²) in [5.74, 6) is 1.18. The van der Waals surface area contributed by atoms with E-state index in [2.05, 4.69) is 50.9 Å². The average Bonchev–Trinajstić information content (AvgIpc) is 2.70. The lowest BCUT2D eigenvalue weighted by Gasteiger charge is -2.27. The van der Waals surface area contributed by atoms with Gasteiger partial charge in [0.15, 0.2) is 0 Å². The maximum Gasteiger partial charge on any atom is 0.0818 e. The Bertz CT molecular complexity index is 543. The molecular formula is C26H45NO. The van der Waals surface area contributed by atoms with Crippen LogP contribution in [0.3, 0.4) is 0 Å². The molecule has 0 amide bonds. The second-order valence-electron chi connectivity index (χ2n) is 9.45. The fourth-order valence-electron chi connectivity index (χ4n) is 4.66. The van der Waals surface area contributed by atoms with Crippen LogP contribution in [0.2, 0.25) is 0 Å². The van der Waals surface area contributed by atoms with E-state index in [0.29, 0.717) is 5.92 Å². The smallest absolute Gasteiger partial charge is 0.0818 e. The lowest BCUT2D eigenvalue weighted by molar-refractivity contribution is 0.0930. The van der Waals surface area contributed by atoms with Gasteiger partial charge in [-0.05, 0) is 61.6 Å². The van der Waals surface area contributed by atoms with Crippen molar-refractivity contribution in [3.05, 3.63) is 29.3 Å². The summed E-state index contributed by atoms with van der Waals surface area (Å²) in [5, 5.41) is 11.2. The van der Waals surface area contributed by atoms with Gasteiger partial charge in [0, 0.05) is 19.3 Å². The Hall–Kier alpha value is -1.02. The van der Waals surface area contributed by atoms with Crippen molar-refractivity contribution in [3.63, 3.8) is 0 Å². The largest absolute Gasteiger partial charge is 0.388 e. The molecule has 1 aliphatic rings. The summed E-state index contributed by atoms with van der Waals surface area (Å²) in [6, 6.07) is 6.77. The molecule has 2 nitrogen and oxygen atoms in total. The van der Waals surface area contributed by atoms with Crippen molar-refractivity contribution >= 4 is 5.69 Å². The molecule has 1 aromatic rings. The maximum atomic E-state index is 11.2. The van der Waals surface area contributed by atoms with Crippen LogP contribution in [0, 0.1) is 11.8 Å². The number of hydrogen-bond donors (Lipinski definition) is 1. The number of nitrogens with zero attached hydrogens (tertiary/aromatic N) is 1. The van der Waals surface area contributed by atoms with Crippen LogP contribution in [0.25, 0.3) is 0 Å². The summed E-state index contributed by atoms with van der Waals surface area (Å²) in [6.07, 6.45) is 15.1. The average molecular weight is 388 g/mol. The van der Waals surface area contributed by atoms with Gasteiger partial charge < -0.3 is 10.0 Å².